The lowest BCUT2D eigenvalue weighted by Gasteiger charge is -2.13. The Bertz CT molecular complexity index is 553. The third-order valence-corrected chi connectivity index (χ3v) is 4.62. The Labute approximate surface area is 124 Å². The van der Waals surface area contributed by atoms with Crippen LogP contribution < -0.4 is 9.47 Å². The van der Waals surface area contributed by atoms with E-state index in [0.29, 0.717) is 6.42 Å². The lowest BCUT2D eigenvalue weighted by Crippen LogP contribution is -2.02. The number of halogens is 1. The summed E-state index contributed by atoms with van der Waals surface area (Å²) in [5.74, 6) is 1.51. The van der Waals surface area contributed by atoms with Crippen LogP contribution in [0.4, 0.5) is 0 Å². The summed E-state index contributed by atoms with van der Waals surface area (Å²) < 4.78 is 11.4. The van der Waals surface area contributed by atoms with Crippen molar-refractivity contribution in [1.82, 2.24) is 0 Å². The van der Waals surface area contributed by atoms with Gasteiger partial charge >= 0.3 is 0 Å². The molecule has 0 saturated carbocycles. The van der Waals surface area contributed by atoms with Crippen molar-refractivity contribution in [1.29, 1.82) is 0 Å². The lowest BCUT2D eigenvalue weighted by molar-refractivity contribution is 0.178. The maximum Gasteiger partial charge on any atom is 0.135 e. The van der Waals surface area contributed by atoms with Gasteiger partial charge in [0.05, 0.1) is 25.2 Å². The fourth-order valence-corrected chi connectivity index (χ4v) is 3.11. The molecule has 2 aromatic rings. The summed E-state index contributed by atoms with van der Waals surface area (Å²) in [6.45, 7) is 0. The molecule has 0 aliphatic rings. The average Bonchev–Trinajstić information content (AvgIpc) is 2.89. The molecule has 1 unspecified atom stereocenters. The van der Waals surface area contributed by atoms with E-state index in [-0.39, 0.29) is 0 Å². The van der Waals surface area contributed by atoms with E-state index >= 15 is 0 Å². The fraction of sp³-hybridized carbons (Fsp3) is 0.286. The van der Waals surface area contributed by atoms with Crippen molar-refractivity contribution in [2.75, 3.05) is 14.2 Å². The van der Waals surface area contributed by atoms with E-state index < -0.39 is 6.10 Å². The maximum atomic E-state index is 10.3. The molecule has 102 valence electrons. The van der Waals surface area contributed by atoms with Crippen molar-refractivity contribution >= 4 is 27.3 Å². The zero-order valence-corrected chi connectivity index (χ0v) is 13.1. The van der Waals surface area contributed by atoms with Crippen LogP contribution in [0, 0.1) is 0 Å². The molecular weight excluding hydrogens is 328 g/mol. The predicted molar refractivity (Wildman–Crippen MR) is 80.2 cm³/mol. The van der Waals surface area contributed by atoms with E-state index in [1.807, 2.05) is 29.6 Å². The SMILES string of the molecule is COc1ccc(Br)c(CC(O)c2sccc2OC)c1. The van der Waals surface area contributed by atoms with Gasteiger partial charge in [-0.2, -0.15) is 0 Å². The second kappa shape index (κ2) is 6.41. The molecule has 1 atom stereocenters. The van der Waals surface area contributed by atoms with Gasteiger partial charge in [0, 0.05) is 10.9 Å². The lowest BCUT2D eigenvalue weighted by atomic mass is 10.1. The number of hydrogen-bond acceptors (Lipinski definition) is 4. The minimum absolute atomic E-state index is 0.509. The Morgan fingerprint density at radius 1 is 1.26 bits per heavy atom. The van der Waals surface area contributed by atoms with Crippen molar-refractivity contribution in [2.24, 2.45) is 0 Å². The number of benzene rings is 1. The molecule has 1 N–H and O–H groups in total. The van der Waals surface area contributed by atoms with Crippen molar-refractivity contribution in [2.45, 2.75) is 12.5 Å². The van der Waals surface area contributed by atoms with Gasteiger partial charge in [-0.25, -0.2) is 0 Å². The minimum atomic E-state index is -0.585. The third-order valence-electron chi connectivity index (χ3n) is 2.85. The summed E-state index contributed by atoms with van der Waals surface area (Å²) in [7, 11) is 3.24. The summed E-state index contributed by atoms with van der Waals surface area (Å²) in [6.07, 6.45) is -0.0763. The highest BCUT2D eigenvalue weighted by Gasteiger charge is 2.17. The van der Waals surface area contributed by atoms with Crippen LogP contribution in [0.15, 0.2) is 34.1 Å². The first-order valence-corrected chi connectivity index (χ1v) is 7.44. The van der Waals surface area contributed by atoms with Gasteiger partial charge in [-0.05, 0) is 35.2 Å². The average molecular weight is 343 g/mol. The quantitative estimate of drug-likeness (QED) is 0.897. The van der Waals surface area contributed by atoms with Gasteiger partial charge < -0.3 is 14.6 Å². The molecule has 0 amide bonds. The molecule has 0 saturated heterocycles. The smallest absolute Gasteiger partial charge is 0.135 e. The summed E-state index contributed by atoms with van der Waals surface area (Å²) in [6, 6.07) is 7.59. The zero-order valence-electron chi connectivity index (χ0n) is 10.7. The van der Waals surface area contributed by atoms with Crippen molar-refractivity contribution < 1.29 is 14.6 Å². The number of aliphatic hydroxyl groups excluding tert-OH is 1. The van der Waals surface area contributed by atoms with Gasteiger partial charge in [0.1, 0.15) is 11.5 Å². The van der Waals surface area contributed by atoms with Crippen LogP contribution in [-0.4, -0.2) is 19.3 Å². The van der Waals surface area contributed by atoms with Crippen molar-refractivity contribution in [3.8, 4) is 11.5 Å². The molecule has 1 aromatic heterocycles. The van der Waals surface area contributed by atoms with E-state index in [9.17, 15) is 5.11 Å². The maximum absolute atomic E-state index is 10.3. The molecule has 5 heteroatoms. The Hall–Kier alpha value is -1.04. The van der Waals surface area contributed by atoms with E-state index in [1.54, 1.807) is 14.2 Å². The number of thiophene rings is 1. The monoisotopic (exact) mass is 342 g/mol. The molecule has 0 aliphatic carbocycles. The number of aliphatic hydroxyl groups is 1. The Morgan fingerprint density at radius 2 is 2.05 bits per heavy atom. The number of ether oxygens (including phenoxy) is 2. The van der Waals surface area contributed by atoms with Gasteiger partial charge in [0.25, 0.3) is 0 Å². The number of methoxy groups -OCH3 is 2. The normalized spacial score (nSPS) is 12.2. The molecule has 0 fully saturated rings. The molecule has 2 rings (SSSR count). The first-order chi connectivity index (χ1) is 9.15. The van der Waals surface area contributed by atoms with Crippen LogP contribution >= 0.6 is 27.3 Å². The predicted octanol–water partition coefficient (Wildman–Crippen LogP) is 3.80. The van der Waals surface area contributed by atoms with Gasteiger partial charge in [-0.3, -0.25) is 0 Å². The molecule has 0 bridgehead atoms. The summed E-state index contributed by atoms with van der Waals surface area (Å²) >= 11 is 4.99. The van der Waals surface area contributed by atoms with Crippen LogP contribution in [0.1, 0.15) is 16.5 Å². The molecule has 1 heterocycles. The van der Waals surface area contributed by atoms with Gasteiger partial charge in [-0.1, -0.05) is 15.9 Å². The van der Waals surface area contributed by atoms with Gasteiger partial charge in [0.15, 0.2) is 0 Å². The van der Waals surface area contributed by atoms with E-state index in [0.717, 1.165) is 26.4 Å². The highest BCUT2D eigenvalue weighted by atomic mass is 79.9. The van der Waals surface area contributed by atoms with Crippen LogP contribution in [0.25, 0.3) is 0 Å². The molecule has 0 spiro atoms. The van der Waals surface area contributed by atoms with Crippen LogP contribution in [0.2, 0.25) is 0 Å². The van der Waals surface area contributed by atoms with Crippen LogP contribution in [-0.2, 0) is 6.42 Å². The Morgan fingerprint density at radius 3 is 2.74 bits per heavy atom. The first kappa shape index (κ1) is 14.4. The molecule has 0 radical (unpaired) electrons. The minimum Gasteiger partial charge on any atom is -0.497 e. The van der Waals surface area contributed by atoms with Crippen LogP contribution in [0.5, 0.6) is 11.5 Å². The second-order valence-electron chi connectivity index (χ2n) is 4.03. The van der Waals surface area contributed by atoms with E-state index in [4.69, 9.17) is 9.47 Å². The summed E-state index contributed by atoms with van der Waals surface area (Å²) in [4.78, 5) is 0.845. The number of rotatable bonds is 5. The molecule has 3 nitrogen and oxygen atoms in total. The van der Waals surface area contributed by atoms with E-state index in [2.05, 4.69) is 15.9 Å². The molecular formula is C14H15BrO3S. The van der Waals surface area contributed by atoms with Crippen molar-refractivity contribution in [3.63, 3.8) is 0 Å². The van der Waals surface area contributed by atoms with E-state index in [1.165, 1.54) is 11.3 Å². The first-order valence-electron chi connectivity index (χ1n) is 5.77. The standard InChI is InChI=1S/C14H15BrO3S/c1-17-10-3-4-11(15)9(7-10)8-12(16)14-13(18-2)5-6-19-14/h3-7,12,16H,8H2,1-2H3. The molecule has 0 aliphatic heterocycles. The van der Waals surface area contributed by atoms with Gasteiger partial charge in [0.2, 0.25) is 0 Å². The Kier molecular flexibility index (Phi) is 4.85. The second-order valence-corrected chi connectivity index (χ2v) is 5.83. The fourth-order valence-electron chi connectivity index (χ4n) is 1.86. The summed E-state index contributed by atoms with van der Waals surface area (Å²) in [5.41, 5.74) is 1.00. The summed E-state index contributed by atoms with van der Waals surface area (Å²) in [5, 5.41) is 12.2. The van der Waals surface area contributed by atoms with Gasteiger partial charge in [-0.15, -0.1) is 11.3 Å². The third kappa shape index (κ3) is 3.29. The molecule has 1 aromatic carbocycles. The topological polar surface area (TPSA) is 38.7 Å². The Balaban J connectivity index is 2.21. The van der Waals surface area contributed by atoms with Crippen molar-refractivity contribution in [3.05, 3.63) is 44.6 Å². The largest absolute Gasteiger partial charge is 0.497 e. The number of hydrogen-bond donors (Lipinski definition) is 1. The highest BCUT2D eigenvalue weighted by Crippen LogP contribution is 2.34. The van der Waals surface area contributed by atoms with Crippen LogP contribution in [0.3, 0.4) is 0 Å². The molecule has 19 heavy (non-hydrogen) atoms. The zero-order chi connectivity index (χ0) is 13.8. The highest BCUT2D eigenvalue weighted by molar-refractivity contribution is 9.10.